The molecule has 0 saturated carbocycles. The highest BCUT2D eigenvalue weighted by molar-refractivity contribution is 5.98. The number of para-hydroxylation sites is 1. The number of pyridine rings is 1. The van der Waals surface area contributed by atoms with Crippen LogP contribution in [0, 0.1) is 5.92 Å². The molecule has 1 aromatic heterocycles. The van der Waals surface area contributed by atoms with Gasteiger partial charge >= 0.3 is 12.1 Å². The van der Waals surface area contributed by atoms with Crippen LogP contribution in [0.25, 0.3) is 10.9 Å². The molecule has 4 rings (SSSR count). The standard InChI is InChI=1S/C23H24N4O4.C2HF3O2/c28-22(27-30)18-5-3-12-25-21(18)23(29)26-16-9-7-15(8-10-16)14-31-20-11-13-24-19-6-2-1-4-17(19)20;3-2(4,5)1(6)7/h1-2,4,6-11,13,18,21,25,30H,3,5,12,14H2,(H,26,29)(H,27,28);(H,6,7)/t18-,21-;/m1./s1. The quantitative estimate of drug-likeness (QED) is 0.239. The fourth-order valence-electron chi connectivity index (χ4n) is 3.79. The van der Waals surface area contributed by atoms with E-state index < -0.39 is 30.0 Å². The molecule has 2 aromatic carbocycles. The number of carboxylic acid groups (broad SMARTS) is 1. The number of nitrogens with one attached hydrogen (secondary N) is 3. The highest BCUT2D eigenvalue weighted by Crippen LogP contribution is 2.25. The fraction of sp³-hybridized carbons (Fsp3) is 0.280. The number of piperidine rings is 1. The lowest BCUT2D eigenvalue weighted by Gasteiger charge is -2.30. The summed E-state index contributed by atoms with van der Waals surface area (Å²) in [7, 11) is 0. The molecule has 1 saturated heterocycles. The van der Waals surface area contributed by atoms with Crippen LogP contribution in [0.5, 0.6) is 5.75 Å². The number of carbonyl (C=O) groups is 3. The van der Waals surface area contributed by atoms with E-state index in [0.717, 1.165) is 28.6 Å². The SMILES string of the molecule is O=C(NO)[C@@H]1CCCN[C@H]1C(=O)Nc1ccc(COc2ccnc3ccccc23)cc1.O=C(O)C(F)(F)F. The van der Waals surface area contributed by atoms with Crippen molar-refractivity contribution in [1.82, 2.24) is 15.8 Å². The predicted molar refractivity (Wildman–Crippen MR) is 129 cm³/mol. The van der Waals surface area contributed by atoms with E-state index in [2.05, 4.69) is 15.6 Å². The number of carboxylic acids is 1. The largest absolute Gasteiger partial charge is 0.490 e. The normalized spacial score (nSPS) is 17.1. The Morgan fingerprint density at radius 3 is 2.39 bits per heavy atom. The van der Waals surface area contributed by atoms with Crippen LogP contribution in [0.1, 0.15) is 18.4 Å². The van der Waals surface area contributed by atoms with Gasteiger partial charge in [-0.3, -0.25) is 19.8 Å². The first-order valence-electron chi connectivity index (χ1n) is 11.4. The minimum Gasteiger partial charge on any atom is -0.488 e. The number of ether oxygens (including phenoxy) is 1. The van der Waals surface area contributed by atoms with Crippen molar-refractivity contribution in [3.8, 4) is 5.75 Å². The monoisotopic (exact) mass is 534 g/mol. The second-order valence-corrected chi connectivity index (χ2v) is 8.26. The first-order chi connectivity index (χ1) is 18.1. The van der Waals surface area contributed by atoms with Crippen molar-refractivity contribution in [2.24, 2.45) is 5.92 Å². The Labute approximate surface area is 214 Å². The van der Waals surface area contributed by atoms with E-state index >= 15 is 0 Å². The average Bonchev–Trinajstić information content (AvgIpc) is 2.92. The Morgan fingerprint density at radius 1 is 1.05 bits per heavy atom. The van der Waals surface area contributed by atoms with Crippen LogP contribution >= 0.6 is 0 Å². The maximum Gasteiger partial charge on any atom is 0.490 e. The zero-order valence-corrected chi connectivity index (χ0v) is 19.9. The molecule has 1 fully saturated rings. The Balaban J connectivity index is 0.000000505. The number of hydrogen-bond acceptors (Lipinski definition) is 7. The maximum absolute atomic E-state index is 12.7. The molecule has 0 aliphatic carbocycles. The molecule has 0 spiro atoms. The third-order valence-electron chi connectivity index (χ3n) is 5.66. The number of alkyl halides is 3. The topological polar surface area (TPSA) is 150 Å². The molecule has 2 heterocycles. The second-order valence-electron chi connectivity index (χ2n) is 8.26. The van der Waals surface area contributed by atoms with Gasteiger partial charge in [0.2, 0.25) is 11.8 Å². The average molecular weight is 534 g/mol. The van der Waals surface area contributed by atoms with Crippen molar-refractivity contribution in [2.75, 3.05) is 11.9 Å². The van der Waals surface area contributed by atoms with Crippen molar-refractivity contribution in [3.63, 3.8) is 0 Å². The molecule has 1 aliphatic rings. The Hall–Kier alpha value is -4.23. The van der Waals surface area contributed by atoms with E-state index in [-0.39, 0.29) is 5.91 Å². The van der Waals surface area contributed by atoms with Gasteiger partial charge in [-0.05, 0) is 55.3 Å². The van der Waals surface area contributed by atoms with Crippen LogP contribution < -0.4 is 20.9 Å². The Bertz CT molecular complexity index is 1260. The summed E-state index contributed by atoms with van der Waals surface area (Å²) in [6.45, 7) is 1.03. The summed E-state index contributed by atoms with van der Waals surface area (Å²) < 4.78 is 37.7. The molecule has 13 heteroatoms. The number of benzene rings is 2. The summed E-state index contributed by atoms with van der Waals surface area (Å²) in [4.78, 5) is 37.7. The van der Waals surface area contributed by atoms with Gasteiger partial charge < -0.3 is 20.5 Å². The first kappa shape index (κ1) is 28.3. The number of aromatic nitrogens is 1. The molecular weight excluding hydrogens is 509 g/mol. The van der Waals surface area contributed by atoms with E-state index in [0.29, 0.717) is 25.3 Å². The molecule has 3 aromatic rings. The van der Waals surface area contributed by atoms with Gasteiger partial charge in [-0.1, -0.05) is 24.3 Å². The van der Waals surface area contributed by atoms with Crippen LogP contribution in [0.2, 0.25) is 0 Å². The molecule has 1 aliphatic heterocycles. The molecule has 10 nitrogen and oxygen atoms in total. The van der Waals surface area contributed by atoms with Crippen molar-refractivity contribution >= 4 is 34.4 Å². The van der Waals surface area contributed by atoms with Crippen molar-refractivity contribution in [3.05, 3.63) is 66.4 Å². The van der Waals surface area contributed by atoms with E-state index in [1.165, 1.54) is 0 Å². The second kappa shape index (κ2) is 12.8. The number of amides is 2. The van der Waals surface area contributed by atoms with Gasteiger partial charge in [-0.2, -0.15) is 13.2 Å². The molecule has 2 amide bonds. The van der Waals surface area contributed by atoms with Gasteiger partial charge in [0, 0.05) is 17.3 Å². The van der Waals surface area contributed by atoms with Crippen LogP contribution in [0.15, 0.2) is 60.8 Å². The first-order valence-corrected chi connectivity index (χ1v) is 11.4. The van der Waals surface area contributed by atoms with Gasteiger partial charge in [0.25, 0.3) is 0 Å². The summed E-state index contributed by atoms with van der Waals surface area (Å²) in [6.07, 6.45) is -2.05. The maximum atomic E-state index is 12.7. The van der Waals surface area contributed by atoms with Gasteiger partial charge in [-0.15, -0.1) is 0 Å². The molecule has 38 heavy (non-hydrogen) atoms. The zero-order chi connectivity index (χ0) is 27.7. The smallest absolute Gasteiger partial charge is 0.488 e. The zero-order valence-electron chi connectivity index (χ0n) is 19.9. The number of rotatable bonds is 6. The lowest BCUT2D eigenvalue weighted by Crippen LogP contribution is -2.53. The van der Waals surface area contributed by atoms with Gasteiger partial charge in [0.05, 0.1) is 17.5 Å². The van der Waals surface area contributed by atoms with E-state index in [9.17, 15) is 22.8 Å². The van der Waals surface area contributed by atoms with Crippen LogP contribution in [-0.4, -0.2) is 51.8 Å². The number of halogens is 3. The van der Waals surface area contributed by atoms with Gasteiger partial charge in [0.1, 0.15) is 12.4 Å². The number of nitrogens with zero attached hydrogens (tertiary/aromatic N) is 1. The van der Waals surface area contributed by atoms with E-state index in [1.807, 2.05) is 42.5 Å². The highest BCUT2D eigenvalue weighted by atomic mass is 19.4. The van der Waals surface area contributed by atoms with Gasteiger partial charge in [0.15, 0.2) is 0 Å². The van der Waals surface area contributed by atoms with Gasteiger partial charge in [-0.25, -0.2) is 10.3 Å². The lowest BCUT2D eigenvalue weighted by atomic mass is 9.89. The minimum atomic E-state index is -5.08. The summed E-state index contributed by atoms with van der Waals surface area (Å²) in [5.74, 6) is -3.46. The van der Waals surface area contributed by atoms with Crippen LogP contribution in [0.3, 0.4) is 0 Å². The molecule has 202 valence electrons. The Kier molecular flexibility index (Phi) is 9.57. The van der Waals surface area contributed by atoms with Crippen molar-refractivity contribution in [1.29, 1.82) is 0 Å². The number of hydroxylamine groups is 1. The van der Waals surface area contributed by atoms with E-state index in [4.69, 9.17) is 19.8 Å². The third-order valence-corrected chi connectivity index (χ3v) is 5.66. The van der Waals surface area contributed by atoms with Crippen LogP contribution in [0.4, 0.5) is 18.9 Å². The number of aliphatic carboxylic acids is 1. The third kappa shape index (κ3) is 7.63. The Morgan fingerprint density at radius 2 is 1.74 bits per heavy atom. The summed E-state index contributed by atoms with van der Waals surface area (Å²) >= 11 is 0. The molecule has 5 N–H and O–H groups in total. The molecule has 2 atom stereocenters. The predicted octanol–water partition coefficient (Wildman–Crippen LogP) is 3.26. The number of hydrogen-bond donors (Lipinski definition) is 5. The minimum absolute atomic E-state index is 0.305. The number of carbonyl (C=O) groups excluding carboxylic acids is 2. The van der Waals surface area contributed by atoms with Crippen molar-refractivity contribution < 1.29 is 42.6 Å². The molecule has 0 unspecified atom stereocenters. The molecular formula is C25H25F3N4O6. The molecule has 0 bridgehead atoms. The summed E-state index contributed by atoms with van der Waals surface area (Å²) in [5.41, 5.74) is 4.10. The van der Waals surface area contributed by atoms with Crippen molar-refractivity contribution in [2.45, 2.75) is 31.7 Å². The molecule has 0 radical (unpaired) electrons. The lowest BCUT2D eigenvalue weighted by molar-refractivity contribution is -0.192. The number of fused-ring (bicyclic) bond motifs is 1. The summed E-state index contributed by atoms with van der Waals surface area (Å²) in [6, 6.07) is 16.3. The summed E-state index contributed by atoms with van der Waals surface area (Å²) in [5, 5.41) is 22.9. The highest BCUT2D eigenvalue weighted by Gasteiger charge is 2.38. The van der Waals surface area contributed by atoms with E-state index in [1.54, 1.807) is 23.8 Å². The van der Waals surface area contributed by atoms with Crippen LogP contribution in [-0.2, 0) is 21.0 Å². The fourth-order valence-corrected chi connectivity index (χ4v) is 3.79. The number of anilines is 1.